The number of phosphoric ester groups is 1. The van der Waals surface area contributed by atoms with E-state index in [0.29, 0.717) is 30.1 Å². The lowest BCUT2D eigenvalue weighted by Crippen LogP contribution is -2.40. The quantitative estimate of drug-likeness (QED) is 0.313. The van der Waals surface area contributed by atoms with Crippen LogP contribution >= 0.6 is 19.4 Å². The average molecular weight is 494 g/mol. The maximum atomic E-state index is 13.4. The van der Waals surface area contributed by atoms with Crippen LogP contribution in [0.5, 0.6) is 11.5 Å². The predicted octanol–water partition coefficient (Wildman–Crippen LogP) is 1.33. The summed E-state index contributed by atoms with van der Waals surface area (Å²) in [6.45, 7) is 0.955. The Kier molecular flexibility index (Phi) is 6.35. The molecule has 4 rings (SSSR count). The highest BCUT2D eigenvalue weighted by Crippen LogP contribution is 2.47. The lowest BCUT2D eigenvalue weighted by Gasteiger charge is -2.34. The van der Waals surface area contributed by atoms with Gasteiger partial charge >= 0.3 is 7.82 Å². The molecule has 0 aliphatic carbocycles. The van der Waals surface area contributed by atoms with Crippen molar-refractivity contribution in [1.82, 2.24) is 4.90 Å². The fraction of sp³-hybridized carbons (Fsp3) is 0.286. The fourth-order valence-electron chi connectivity index (χ4n) is 4.31. The smallest absolute Gasteiger partial charge is 0.507 e. The lowest BCUT2D eigenvalue weighted by molar-refractivity contribution is 0.0631. The van der Waals surface area contributed by atoms with Gasteiger partial charge in [-0.3, -0.25) is 14.6 Å². The summed E-state index contributed by atoms with van der Waals surface area (Å²) in [7, 11) is -1.70. The highest BCUT2D eigenvalue weighted by Gasteiger charge is 2.34. The lowest BCUT2D eigenvalue weighted by atomic mass is 9.84. The second-order valence-corrected chi connectivity index (χ2v) is 9.75. The Morgan fingerprint density at radius 3 is 2.64 bits per heavy atom. The number of likely N-dealkylation sites (tertiary alicyclic amines) is 1. The van der Waals surface area contributed by atoms with Crippen molar-refractivity contribution in [3.63, 3.8) is 0 Å². The number of β-amino-alcohol motifs (C(OH)–C–C–N with tert-alkyl or cyclic N) is 1. The molecule has 1 aromatic heterocycles. The highest BCUT2D eigenvalue weighted by atomic mass is 35.5. The summed E-state index contributed by atoms with van der Waals surface area (Å²) in [6.07, 6.45) is -0.417. The van der Waals surface area contributed by atoms with E-state index in [9.17, 15) is 29.4 Å². The maximum absolute atomic E-state index is 13.4. The summed E-state index contributed by atoms with van der Waals surface area (Å²) < 4.78 is 22.4. The van der Waals surface area contributed by atoms with E-state index in [-0.39, 0.29) is 27.8 Å². The van der Waals surface area contributed by atoms with Crippen molar-refractivity contribution < 1.29 is 33.5 Å². The van der Waals surface area contributed by atoms with Crippen molar-refractivity contribution in [2.24, 2.45) is 0 Å². The SMILES string of the molecule is Bc1c(-c2ccccc2Cl)oc2c([C@H]3CCN(C)C[C@H]3O)c(O)cc(OP(=O)(O)O)c2c1=O. The van der Waals surface area contributed by atoms with Crippen LogP contribution in [0, 0.1) is 0 Å². The van der Waals surface area contributed by atoms with Crippen LogP contribution in [0.25, 0.3) is 22.3 Å². The van der Waals surface area contributed by atoms with Crippen LogP contribution in [0.3, 0.4) is 0 Å². The Morgan fingerprint density at radius 2 is 2.00 bits per heavy atom. The molecule has 1 aliphatic heterocycles. The molecule has 33 heavy (non-hydrogen) atoms. The first-order chi connectivity index (χ1) is 15.5. The molecule has 12 heteroatoms. The van der Waals surface area contributed by atoms with E-state index in [1.54, 1.807) is 24.3 Å². The van der Waals surface area contributed by atoms with Crippen molar-refractivity contribution in [2.45, 2.75) is 18.4 Å². The zero-order valence-electron chi connectivity index (χ0n) is 17.9. The van der Waals surface area contributed by atoms with E-state index in [2.05, 4.69) is 0 Å². The molecule has 0 radical (unpaired) electrons. The van der Waals surface area contributed by atoms with E-state index < -0.39 is 36.8 Å². The van der Waals surface area contributed by atoms with Crippen LogP contribution in [0.4, 0.5) is 0 Å². The van der Waals surface area contributed by atoms with Crippen LogP contribution in [0.1, 0.15) is 17.9 Å². The highest BCUT2D eigenvalue weighted by molar-refractivity contribution is 7.46. The third-order valence-corrected chi connectivity index (χ3v) is 6.63. The average Bonchev–Trinajstić information content (AvgIpc) is 2.71. The van der Waals surface area contributed by atoms with Gasteiger partial charge in [-0.15, -0.1) is 0 Å². The number of rotatable bonds is 4. The van der Waals surface area contributed by atoms with Gasteiger partial charge in [0.25, 0.3) is 0 Å². The molecule has 1 saturated heterocycles. The number of aromatic hydroxyl groups is 1. The molecule has 2 atom stereocenters. The monoisotopic (exact) mass is 493 g/mol. The number of fused-ring (bicyclic) bond motifs is 1. The molecule has 3 aromatic rings. The maximum Gasteiger partial charge on any atom is 0.524 e. The van der Waals surface area contributed by atoms with Crippen LogP contribution in [0.2, 0.25) is 5.02 Å². The van der Waals surface area contributed by atoms with Crippen molar-refractivity contribution in [3.8, 4) is 22.8 Å². The standard InChI is InChI=1S/C21H22BClNO8P/c1-24-7-6-11(14(26)9-24)16-13(25)8-15(32-33(28,29)30)17-19(27)18(22)20(31-21(16)17)10-4-2-3-5-12(10)23/h2-5,8,11,14,25-26H,6-7,9,22H2,1H3,(H2,28,29,30)/t11-,14+/m0/s1. The van der Waals surface area contributed by atoms with Gasteiger partial charge in [0.15, 0.2) is 5.43 Å². The van der Waals surface area contributed by atoms with Crippen LogP contribution in [0.15, 0.2) is 39.5 Å². The Morgan fingerprint density at radius 1 is 1.30 bits per heavy atom. The van der Waals surface area contributed by atoms with Gasteiger partial charge in [0, 0.05) is 35.1 Å². The molecular weight excluding hydrogens is 471 g/mol. The van der Waals surface area contributed by atoms with E-state index in [1.807, 2.05) is 11.9 Å². The van der Waals surface area contributed by atoms with Crippen molar-refractivity contribution >= 4 is 43.7 Å². The number of aliphatic hydroxyl groups excluding tert-OH is 1. The topological polar surface area (TPSA) is 141 Å². The van der Waals surface area contributed by atoms with Gasteiger partial charge in [0.05, 0.1) is 11.1 Å². The third-order valence-electron chi connectivity index (χ3n) is 5.87. The minimum Gasteiger partial charge on any atom is -0.507 e. The van der Waals surface area contributed by atoms with Crippen molar-refractivity contribution in [3.05, 3.63) is 51.1 Å². The molecule has 0 saturated carbocycles. The number of phosphoric acid groups is 1. The second-order valence-electron chi connectivity index (χ2n) is 8.18. The molecule has 1 aliphatic rings. The normalized spacial score (nSPS) is 19.7. The molecule has 4 N–H and O–H groups in total. The molecule has 2 aromatic carbocycles. The summed E-state index contributed by atoms with van der Waals surface area (Å²) >= 11 is 6.33. The number of phenols is 1. The van der Waals surface area contributed by atoms with E-state index in [0.717, 1.165) is 6.07 Å². The third kappa shape index (κ3) is 4.55. The number of halogens is 1. The summed E-state index contributed by atoms with van der Waals surface area (Å²) in [5, 5.41) is 21.7. The molecule has 2 heterocycles. The number of likely N-dealkylation sites (N-methyl/N-ethyl adjacent to an activating group) is 1. The van der Waals surface area contributed by atoms with E-state index >= 15 is 0 Å². The first-order valence-corrected chi connectivity index (χ1v) is 12.1. The summed E-state index contributed by atoms with van der Waals surface area (Å²) in [4.78, 5) is 34.1. The number of aliphatic hydroxyl groups is 1. The Bertz CT molecular complexity index is 1340. The predicted molar refractivity (Wildman–Crippen MR) is 126 cm³/mol. The molecular formula is C21H22BClNO8P. The van der Waals surface area contributed by atoms with Crippen LogP contribution < -0.4 is 15.4 Å². The molecule has 0 unspecified atom stereocenters. The first-order valence-electron chi connectivity index (χ1n) is 10.2. The number of nitrogens with zero attached hydrogens (tertiary/aromatic N) is 1. The Labute approximate surface area is 194 Å². The van der Waals surface area contributed by atoms with Crippen LogP contribution in [-0.2, 0) is 4.57 Å². The minimum atomic E-state index is -5.06. The molecule has 0 bridgehead atoms. The summed E-state index contributed by atoms with van der Waals surface area (Å²) in [5.74, 6) is -1.35. The zero-order chi connectivity index (χ0) is 24.1. The van der Waals surface area contributed by atoms with E-state index in [4.69, 9.17) is 20.5 Å². The van der Waals surface area contributed by atoms with Gasteiger partial charge in [0.2, 0.25) is 0 Å². The van der Waals surface area contributed by atoms with Gasteiger partial charge in [-0.2, -0.15) is 0 Å². The number of hydrogen-bond acceptors (Lipinski definition) is 7. The summed E-state index contributed by atoms with van der Waals surface area (Å²) in [6, 6.07) is 7.72. The Balaban J connectivity index is 2.08. The number of benzene rings is 2. The van der Waals surface area contributed by atoms with Crippen molar-refractivity contribution in [1.29, 1.82) is 0 Å². The van der Waals surface area contributed by atoms with Crippen molar-refractivity contribution in [2.75, 3.05) is 20.1 Å². The van der Waals surface area contributed by atoms with Crippen LogP contribution in [-0.4, -0.2) is 59.0 Å². The number of phenolic OH excluding ortho intramolecular Hbond substituents is 1. The van der Waals surface area contributed by atoms with Gasteiger partial charge in [0.1, 0.15) is 36.1 Å². The Hall–Kier alpha value is -2.33. The second kappa shape index (κ2) is 8.79. The molecule has 174 valence electrons. The largest absolute Gasteiger partial charge is 0.524 e. The van der Waals surface area contributed by atoms with E-state index in [1.165, 1.54) is 7.85 Å². The van der Waals surface area contributed by atoms with Gasteiger partial charge in [-0.05, 0) is 32.1 Å². The minimum absolute atomic E-state index is 0.113. The summed E-state index contributed by atoms with van der Waals surface area (Å²) in [5.41, 5.74) is 0.0444. The molecule has 0 spiro atoms. The van der Waals surface area contributed by atoms with Gasteiger partial charge in [-0.1, -0.05) is 23.7 Å². The fourth-order valence-corrected chi connectivity index (χ4v) is 4.94. The molecule has 1 fully saturated rings. The number of hydrogen-bond donors (Lipinski definition) is 4. The number of piperidine rings is 1. The van der Waals surface area contributed by atoms with Gasteiger partial charge in [-0.25, -0.2) is 4.57 Å². The zero-order valence-corrected chi connectivity index (χ0v) is 19.5. The first kappa shape index (κ1) is 23.8. The van der Waals surface area contributed by atoms with Gasteiger partial charge < -0.3 is 24.1 Å². The molecule has 9 nitrogen and oxygen atoms in total. The molecule has 0 amide bonds.